The average molecular weight is 181 g/mol. The number of hydrogen-bond acceptors (Lipinski definition) is 2. The number of nitrogens with two attached hydrogens (primary N) is 1. The third-order valence-corrected chi connectivity index (χ3v) is 2.69. The highest BCUT2D eigenvalue weighted by atomic mass is 16.5. The Morgan fingerprint density at radius 3 is 2.85 bits per heavy atom. The molecular weight excluding hydrogens is 162 g/mol. The fourth-order valence-electron chi connectivity index (χ4n) is 1.88. The lowest BCUT2D eigenvalue weighted by Crippen LogP contribution is -2.33. The van der Waals surface area contributed by atoms with Crippen molar-refractivity contribution in [2.24, 2.45) is 11.7 Å². The summed E-state index contributed by atoms with van der Waals surface area (Å²) in [6.07, 6.45) is 5.33. The Balaban J connectivity index is 2.30. The molecule has 0 heterocycles. The van der Waals surface area contributed by atoms with Crippen molar-refractivity contribution in [3.05, 3.63) is 0 Å². The molecule has 1 aliphatic rings. The van der Waals surface area contributed by atoms with E-state index < -0.39 is 0 Å². The van der Waals surface area contributed by atoms with E-state index in [9.17, 15) is 0 Å². The molecule has 0 bridgehead atoms. The van der Waals surface area contributed by atoms with Gasteiger partial charge >= 0.3 is 0 Å². The van der Waals surface area contributed by atoms with Gasteiger partial charge in [-0.05, 0) is 32.2 Å². The van der Waals surface area contributed by atoms with Gasteiger partial charge in [0, 0.05) is 0 Å². The predicted molar refractivity (Wildman–Crippen MR) is 54.2 cm³/mol. The maximum absolute atomic E-state index is 5.68. The van der Waals surface area contributed by atoms with Crippen LogP contribution in [0.3, 0.4) is 0 Å². The van der Waals surface area contributed by atoms with Gasteiger partial charge in [0.15, 0.2) is 0 Å². The van der Waals surface area contributed by atoms with Gasteiger partial charge in [-0.1, -0.05) is 18.8 Å². The Hall–Kier alpha value is -0.520. The van der Waals surface area contributed by atoms with Gasteiger partial charge in [0.1, 0.15) is 6.61 Å². The zero-order valence-corrected chi connectivity index (χ0v) is 8.38. The molecule has 2 unspecified atom stereocenters. The third kappa shape index (κ3) is 3.38. The summed E-state index contributed by atoms with van der Waals surface area (Å²) in [6.45, 7) is 3.16. The first kappa shape index (κ1) is 10.6. The van der Waals surface area contributed by atoms with E-state index in [1.807, 2.05) is 6.92 Å². The molecule has 13 heavy (non-hydrogen) atoms. The molecule has 2 atom stereocenters. The summed E-state index contributed by atoms with van der Waals surface area (Å²) < 4.78 is 5.67. The van der Waals surface area contributed by atoms with Crippen LogP contribution in [0.1, 0.15) is 32.6 Å². The van der Waals surface area contributed by atoms with Crippen molar-refractivity contribution in [3.63, 3.8) is 0 Å². The molecular formula is C11H19NO. The van der Waals surface area contributed by atoms with Gasteiger partial charge in [-0.3, -0.25) is 0 Å². The van der Waals surface area contributed by atoms with Crippen molar-refractivity contribution >= 4 is 0 Å². The van der Waals surface area contributed by atoms with E-state index in [1.165, 1.54) is 19.3 Å². The van der Waals surface area contributed by atoms with Crippen molar-refractivity contribution in [2.75, 3.05) is 13.2 Å². The molecule has 0 spiro atoms. The second-order valence-electron chi connectivity index (χ2n) is 3.56. The van der Waals surface area contributed by atoms with Crippen LogP contribution in [0.25, 0.3) is 0 Å². The summed E-state index contributed by atoms with van der Waals surface area (Å²) in [4.78, 5) is 0. The van der Waals surface area contributed by atoms with Gasteiger partial charge in [-0.2, -0.15) is 0 Å². The Morgan fingerprint density at radius 2 is 2.15 bits per heavy atom. The van der Waals surface area contributed by atoms with Crippen molar-refractivity contribution in [1.82, 2.24) is 0 Å². The van der Waals surface area contributed by atoms with Gasteiger partial charge in [0.25, 0.3) is 0 Å². The molecule has 1 aliphatic carbocycles. The number of hydrogen-bond donors (Lipinski definition) is 1. The lowest BCUT2D eigenvalue weighted by Gasteiger charge is -2.29. The molecule has 0 aromatic carbocycles. The molecule has 1 fully saturated rings. The fraction of sp³-hybridized carbons (Fsp3) is 0.818. The number of rotatable bonds is 3. The normalized spacial score (nSPS) is 27.8. The molecule has 0 radical (unpaired) electrons. The van der Waals surface area contributed by atoms with E-state index in [4.69, 9.17) is 10.5 Å². The number of ether oxygens (including phenoxy) is 1. The largest absolute Gasteiger partial charge is 0.365 e. The zero-order chi connectivity index (χ0) is 9.52. The van der Waals surface area contributed by atoms with Crippen LogP contribution in [0.15, 0.2) is 0 Å². The Labute approximate surface area is 80.8 Å². The van der Waals surface area contributed by atoms with Gasteiger partial charge in [0.05, 0.1) is 6.10 Å². The molecule has 0 amide bonds. The lowest BCUT2D eigenvalue weighted by molar-refractivity contribution is 0.00957. The molecule has 1 rings (SSSR count). The van der Waals surface area contributed by atoms with Crippen LogP contribution in [0.4, 0.5) is 0 Å². The summed E-state index contributed by atoms with van der Waals surface area (Å²) >= 11 is 0. The molecule has 2 N–H and O–H groups in total. The van der Waals surface area contributed by atoms with Crippen LogP contribution in [-0.2, 0) is 4.74 Å². The van der Waals surface area contributed by atoms with Crippen LogP contribution in [0.2, 0.25) is 0 Å². The molecule has 1 saturated carbocycles. The molecule has 2 heteroatoms. The monoisotopic (exact) mass is 181 g/mol. The highest BCUT2D eigenvalue weighted by Gasteiger charge is 2.23. The molecule has 0 saturated heterocycles. The SMILES string of the molecule is CC#CCOC1CCCCC1CN. The summed E-state index contributed by atoms with van der Waals surface area (Å²) in [5, 5.41) is 0. The van der Waals surface area contributed by atoms with Crippen molar-refractivity contribution in [1.29, 1.82) is 0 Å². The first-order valence-corrected chi connectivity index (χ1v) is 5.09. The summed E-state index contributed by atoms with van der Waals surface area (Å²) in [7, 11) is 0. The minimum absolute atomic E-state index is 0.361. The highest BCUT2D eigenvalue weighted by molar-refractivity contribution is 4.95. The van der Waals surface area contributed by atoms with Crippen LogP contribution >= 0.6 is 0 Å². The van der Waals surface area contributed by atoms with Gasteiger partial charge in [0.2, 0.25) is 0 Å². The van der Waals surface area contributed by atoms with E-state index in [0.717, 1.165) is 13.0 Å². The summed E-state index contributed by atoms with van der Waals surface area (Å²) in [5.74, 6) is 6.32. The Kier molecular flexibility index (Phi) is 4.88. The van der Waals surface area contributed by atoms with Crippen molar-refractivity contribution in [2.45, 2.75) is 38.7 Å². The van der Waals surface area contributed by atoms with E-state index in [1.54, 1.807) is 0 Å². The summed E-state index contributed by atoms with van der Waals surface area (Å²) in [5.41, 5.74) is 5.68. The quantitative estimate of drug-likeness (QED) is 0.670. The molecule has 0 aromatic rings. The van der Waals surface area contributed by atoms with Gasteiger partial charge in [-0.25, -0.2) is 0 Å². The standard InChI is InChI=1S/C11H19NO/c1-2-3-8-13-11-7-5-4-6-10(11)9-12/h10-11H,4-9,12H2,1H3. The van der Waals surface area contributed by atoms with Gasteiger partial charge < -0.3 is 10.5 Å². The second-order valence-corrected chi connectivity index (χ2v) is 3.56. The van der Waals surface area contributed by atoms with Crippen LogP contribution in [0, 0.1) is 17.8 Å². The fourth-order valence-corrected chi connectivity index (χ4v) is 1.88. The van der Waals surface area contributed by atoms with E-state index >= 15 is 0 Å². The maximum atomic E-state index is 5.68. The minimum atomic E-state index is 0.361. The Bertz CT molecular complexity index is 192. The van der Waals surface area contributed by atoms with Crippen molar-refractivity contribution < 1.29 is 4.74 Å². The van der Waals surface area contributed by atoms with E-state index in [0.29, 0.717) is 18.6 Å². The zero-order valence-electron chi connectivity index (χ0n) is 8.38. The van der Waals surface area contributed by atoms with Gasteiger partial charge in [-0.15, -0.1) is 5.92 Å². The van der Waals surface area contributed by atoms with Crippen LogP contribution in [0.5, 0.6) is 0 Å². The summed E-state index contributed by atoms with van der Waals surface area (Å²) in [6, 6.07) is 0. The third-order valence-electron chi connectivity index (χ3n) is 2.69. The van der Waals surface area contributed by atoms with Crippen molar-refractivity contribution in [3.8, 4) is 11.8 Å². The van der Waals surface area contributed by atoms with E-state index in [2.05, 4.69) is 11.8 Å². The molecule has 2 nitrogen and oxygen atoms in total. The van der Waals surface area contributed by atoms with E-state index in [-0.39, 0.29) is 0 Å². The minimum Gasteiger partial charge on any atom is -0.365 e. The smallest absolute Gasteiger partial charge is 0.108 e. The molecule has 74 valence electrons. The first-order valence-electron chi connectivity index (χ1n) is 5.09. The molecule has 0 aromatic heterocycles. The maximum Gasteiger partial charge on any atom is 0.108 e. The topological polar surface area (TPSA) is 35.2 Å². The Morgan fingerprint density at radius 1 is 1.38 bits per heavy atom. The first-order chi connectivity index (χ1) is 6.38. The molecule has 0 aliphatic heterocycles. The highest BCUT2D eigenvalue weighted by Crippen LogP contribution is 2.25. The second kappa shape index (κ2) is 6.01. The lowest BCUT2D eigenvalue weighted by atomic mass is 9.86. The van der Waals surface area contributed by atoms with Crippen LogP contribution in [-0.4, -0.2) is 19.3 Å². The van der Waals surface area contributed by atoms with Crippen LogP contribution < -0.4 is 5.73 Å². The predicted octanol–water partition coefficient (Wildman–Crippen LogP) is 1.54. The average Bonchev–Trinajstić information content (AvgIpc) is 2.19.